The van der Waals surface area contributed by atoms with Crippen LogP contribution in [0.25, 0.3) is 28.0 Å². The Kier molecular flexibility index (Phi) is 3.77. The lowest BCUT2D eigenvalue weighted by Crippen LogP contribution is -2.35. The summed E-state index contributed by atoms with van der Waals surface area (Å²) in [6, 6.07) is 14.6. The lowest BCUT2D eigenvalue weighted by molar-refractivity contribution is 0.415. The van der Waals surface area contributed by atoms with Crippen LogP contribution in [0, 0.1) is 0 Å². The van der Waals surface area contributed by atoms with E-state index >= 15 is 0 Å². The molecule has 2 aromatic carbocycles. The molecule has 0 unspecified atom stereocenters. The van der Waals surface area contributed by atoms with Gasteiger partial charge in [0.2, 0.25) is 0 Å². The van der Waals surface area contributed by atoms with Gasteiger partial charge in [-0.25, -0.2) is 4.79 Å². The summed E-state index contributed by atoms with van der Waals surface area (Å²) in [5.41, 5.74) is 0.849. The van der Waals surface area contributed by atoms with Crippen molar-refractivity contribution in [3.05, 3.63) is 74.4 Å². The number of pyridine rings is 1. The van der Waals surface area contributed by atoms with Gasteiger partial charge in [0, 0.05) is 12.7 Å². The predicted molar refractivity (Wildman–Crippen MR) is 101 cm³/mol. The fourth-order valence-electron chi connectivity index (χ4n) is 3.02. The van der Waals surface area contributed by atoms with Crippen LogP contribution in [0.3, 0.4) is 0 Å². The minimum absolute atomic E-state index is 0.290. The van der Waals surface area contributed by atoms with Gasteiger partial charge in [-0.1, -0.05) is 29.8 Å². The summed E-state index contributed by atoms with van der Waals surface area (Å²) >= 11 is 6.28. The van der Waals surface area contributed by atoms with Crippen LogP contribution in [-0.4, -0.2) is 21.2 Å². The monoisotopic (exact) mass is 367 g/mol. The Morgan fingerprint density at radius 2 is 1.85 bits per heavy atom. The van der Waals surface area contributed by atoms with Gasteiger partial charge in [0.25, 0.3) is 5.56 Å². The van der Waals surface area contributed by atoms with Crippen LogP contribution >= 0.6 is 11.6 Å². The van der Waals surface area contributed by atoms with Crippen LogP contribution in [0.1, 0.15) is 0 Å². The number of aromatic nitrogens is 3. The Morgan fingerprint density at radius 3 is 2.58 bits per heavy atom. The van der Waals surface area contributed by atoms with Gasteiger partial charge in [0.1, 0.15) is 5.75 Å². The molecule has 0 saturated carbocycles. The van der Waals surface area contributed by atoms with E-state index in [-0.39, 0.29) is 11.4 Å². The molecule has 0 radical (unpaired) electrons. The average molecular weight is 368 g/mol. The minimum atomic E-state index is -0.605. The first kappa shape index (κ1) is 16.4. The highest BCUT2D eigenvalue weighted by Gasteiger charge is 2.20. The molecule has 6 nitrogen and oxygen atoms in total. The Morgan fingerprint density at radius 1 is 1.08 bits per heavy atom. The summed E-state index contributed by atoms with van der Waals surface area (Å²) in [7, 11) is 2.96. The summed E-state index contributed by atoms with van der Waals surface area (Å²) in [6.45, 7) is 0. The molecule has 26 heavy (non-hydrogen) atoms. The van der Waals surface area contributed by atoms with Gasteiger partial charge in [-0.3, -0.25) is 13.9 Å². The van der Waals surface area contributed by atoms with E-state index in [1.54, 1.807) is 28.8 Å². The summed E-state index contributed by atoms with van der Waals surface area (Å²) in [5, 5.41) is 1.27. The zero-order chi connectivity index (χ0) is 18.4. The van der Waals surface area contributed by atoms with Gasteiger partial charge in [0.05, 0.1) is 23.2 Å². The second-order valence-electron chi connectivity index (χ2n) is 5.85. The first-order valence-corrected chi connectivity index (χ1v) is 8.24. The molecule has 2 aliphatic heterocycles. The average Bonchev–Trinajstić information content (AvgIpc) is 2.65. The number of para-hydroxylation sites is 1. The van der Waals surface area contributed by atoms with E-state index < -0.39 is 5.69 Å². The number of fused-ring (bicyclic) bond motifs is 2. The Balaban J connectivity index is 2.20. The van der Waals surface area contributed by atoms with Gasteiger partial charge in [-0.2, -0.15) is 4.98 Å². The number of rotatable bonds is 2. The van der Waals surface area contributed by atoms with E-state index in [2.05, 4.69) is 4.98 Å². The molecule has 0 saturated heterocycles. The largest absolute Gasteiger partial charge is 0.495 e. The molecule has 0 bridgehead atoms. The van der Waals surface area contributed by atoms with Crippen molar-refractivity contribution in [2.24, 2.45) is 7.05 Å². The van der Waals surface area contributed by atoms with Crippen molar-refractivity contribution < 1.29 is 4.74 Å². The van der Waals surface area contributed by atoms with Crippen LogP contribution in [0.5, 0.6) is 5.75 Å². The van der Waals surface area contributed by atoms with Gasteiger partial charge < -0.3 is 4.74 Å². The maximum absolute atomic E-state index is 12.6. The van der Waals surface area contributed by atoms with Crippen molar-refractivity contribution in [3.63, 3.8) is 0 Å². The molecular formula is C19H14ClN3O3. The zero-order valence-electron chi connectivity index (χ0n) is 14.1. The van der Waals surface area contributed by atoms with Crippen molar-refractivity contribution in [1.82, 2.24) is 14.1 Å². The molecule has 0 N–H and O–H groups in total. The Bertz CT molecular complexity index is 1240. The topological polar surface area (TPSA) is 66.1 Å². The number of halogens is 1. The van der Waals surface area contributed by atoms with E-state index in [1.807, 2.05) is 24.3 Å². The molecule has 130 valence electrons. The molecule has 0 spiro atoms. The van der Waals surface area contributed by atoms with Crippen LogP contribution in [-0.2, 0) is 7.05 Å². The third-order valence-corrected chi connectivity index (χ3v) is 4.64. The fraction of sp³-hybridized carbons (Fsp3) is 0.105. The molecule has 0 atom stereocenters. The summed E-state index contributed by atoms with van der Waals surface area (Å²) in [5.74, 6) is 0.826. The third kappa shape index (κ3) is 2.38. The van der Waals surface area contributed by atoms with Crippen molar-refractivity contribution >= 4 is 22.5 Å². The van der Waals surface area contributed by atoms with E-state index in [0.29, 0.717) is 22.0 Å². The third-order valence-electron chi connectivity index (χ3n) is 4.35. The number of ether oxygens (including phenoxy) is 1. The molecule has 7 heteroatoms. The number of hydrogen-bond acceptors (Lipinski definition) is 4. The fourth-order valence-corrected chi connectivity index (χ4v) is 3.28. The maximum atomic E-state index is 12.6. The number of nitrogens with zero attached hydrogens (tertiary/aromatic N) is 3. The lowest BCUT2D eigenvalue weighted by atomic mass is 10.1. The Labute approximate surface area is 153 Å². The summed E-state index contributed by atoms with van der Waals surface area (Å²) in [6.07, 6.45) is 0. The van der Waals surface area contributed by atoms with E-state index in [9.17, 15) is 9.59 Å². The minimum Gasteiger partial charge on any atom is -0.495 e. The number of hydrogen-bond donors (Lipinski definition) is 0. The van der Waals surface area contributed by atoms with Crippen LogP contribution < -0.4 is 16.0 Å². The van der Waals surface area contributed by atoms with Crippen molar-refractivity contribution in [3.8, 4) is 22.8 Å². The first-order valence-electron chi connectivity index (χ1n) is 7.86. The number of benzene rings is 2. The SMILES string of the molecule is COc1ccc(-n2c3nc(=O)n(C)c(=O)c-3cc3ccccc32)cc1Cl. The van der Waals surface area contributed by atoms with Gasteiger partial charge in [-0.05, 0) is 35.7 Å². The molecular weight excluding hydrogens is 354 g/mol. The first-order chi connectivity index (χ1) is 12.5. The van der Waals surface area contributed by atoms with E-state index in [0.717, 1.165) is 15.5 Å². The standard InChI is InChI=1S/C19H14ClN3O3/c1-22-18(24)13-9-11-5-3-4-6-15(11)23(17(13)21-19(22)25)12-7-8-16(26-2)14(20)10-12/h3-10H,1-2H3. The van der Waals surface area contributed by atoms with Crippen LogP contribution in [0.15, 0.2) is 58.1 Å². The summed E-state index contributed by atoms with van der Waals surface area (Å²) in [4.78, 5) is 28.9. The lowest BCUT2D eigenvalue weighted by Gasteiger charge is -2.18. The normalized spacial score (nSPS) is 11.2. The smallest absolute Gasteiger partial charge is 0.352 e. The Hall–Kier alpha value is -3.12. The van der Waals surface area contributed by atoms with Gasteiger partial charge in [-0.15, -0.1) is 0 Å². The molecule has 0 aromatic heterocycles. The molecule has 2 aromatic rings. The van der Waals surface area contributed by atoms with E-state index in [1.165, 1.54) is 14.2 Å². The molecule has 0 fully saturated rings. The highest BCUT2D eigenvalue weighted by atomic mass is 35.5. The molecule has 2 aliphatic rings. The highest BCUT2D eigenvalue weighted by Crippen LogP contribution is 2.31. The van der Waals surface area contributed by atoms with Gasteiger partial charge >= 0.3 is 5.69 Å². The quantitative estimate of drug-likeness (QED) is 0.511. The van der Waals surface area contributed by atoms with Crippen LogP contribution in [0.2, 0.25) is 5.02 Å². The van der Waals surface area contributed by atoms with Crippen LogP contribution in [0.4, 0.5) is 0 Å². The van der Waals surface area contributed by atoms with Crippen molar-refractivity contribution in [1.29, 1.82) is 0 Å². The van der Waals surface area contributed by atoms with E-state index in [4.69, 9.17) is 16.3 Å². The van der Waals surface area contributed by atoms with Crippen molar-refractivity contribution in [2.45, 2.75) is 0 Å². The number of methoxy groups -OCH3 is 1. The molecule has 4 rings (SSSR count). The summed E-state index contributed by atoms with van der Waals surface area (Å²) < 4.78 is 7.97. The maximum Gasteiger partial charge on any atom is 0.352 e. The van der Waals surface area contributed by atoms with Crippen molar-refractivity contribution in [2.75, 3.05) is 7.11 Å². The molecule has 0 amide bonds. The van der Waals surface area contributed by atoms with Gasteiger partial charge in [0.15, 0.2) is 5.82 Å². The second-order valence-corrected chi connectivity index (χ2v) is 6.26. The predicted octanol–water partition coefficient (Wildman–Crippen LogP) is 2.85. The highest BCUT2D eigenvalue weighted by molar-refractivity contribution is 6.32. The molecule has 0 aliphatic carbocycles. The zero-order valence-corrected chi connectivity index (χ0v) is 14.8. The second kappa shape index (κ2) is 6.00. The molecule has 2 heterocycles.